The predicted molar refractivity (Wildman–Crippen MR) is 50.1 cm³/mol. The molecule has 0 atom stereocenters. The number of hydrogen-bond donors (Lipinski definition) is 1. The summed E-state index contributed by atoms with van der Waals surface area (Å²) in [5, 5.41) is 8.60. The van der Waals surface area contributed by atoms with Gasteiger partial charge in [-0.1, -0.05) is 6.92 Å². The summed E-state index contributed by atoms with van der Waals surface area (Å²) < 4.78 is 28.2. The first-order valence-corrected chi connectivity index (χ1v) is 5.74. The van der Waals surface area contributed by atoms with E-state index in [0.29, 0.717) is 0 Å². The maximum Gasteiger partial charge on any atom is 0.322 e. The first kappa shape index (κ1) is 13.3. The van der Waals surface area contributed by atoms with Crippen molar-refractivity contribution in [3.8, 4) is 0 Å². The number of aliphatic hydroxyl groups is 1. The number of esters is 1. The first-order chi connectivity index (χ1) is 6.47. The van der Waals surface area contributed by atoms with Gasteiger partial charge in [0.25, 0.3) is 0 Å². The molecule has 0 aliphatic rings. The highest BCUT2D eigenvalue weighted by Gasteiger charge is 2.23. The highest BCUT2D eigenvalue weighted by Crippen LogP contribution is 2.01. The van der Waals surface area contributed by atoms with Crippen molar-refractivity contribution in [1.29, 1.82) is 0 Å². The predicted octanol–water partition coefficient (Wildman–Crippen LogP) is -1.20. The van der Waals surface area contributed by atoms with Crippen LogP contribution in [0, 0.1) is 0 Å². The summed E-state index contributed by atoms with van der Waals surface area (Å²) in [5.74, 6) is -1.49. The van der Waals surface area contributed by atoms with Gasteiger partial charge in [0, 0.05) is 13.1 Å². The van der Waals surface area contributed by atoms with Gasteiger partial charge in [-0.25, -0.2) is 8.42 Å². The van der Waals surface area contributed by atoms with Gasteiger partial charge < -0.3 is 9.84 Å². The van der Waals surface area contributed by atoms with Gasteiger partial charge in [0.2, 0.25) is 10.0 Å². The fourth-order valence-electron chi connectivity index (χ4n) is 0.905. The lowest BCUT2D eigenvalue weighted by Crippen LogP contribution is -2.37. The molecule has 0 radical (unpaired) electrons. The van der Waals surface area contributed by atoms with Crippen molar-refractivity contribution < 1.29 is 23.1 Å². The number of hydrogen-bond acceptors (Lipinski definition) is 5. The van der Waals surface area contributed by atoms with E-state index >= 15 is 0 Å². The normalized spacial score (nSPS) is 11.7. The van der Waals surface area contributed by atoms with Gasteiger partial charge in [0.05, 0.1) is 13.7 Å². The lowest BCUT2D eigenvalue weighted by Gasteiger charge is -2.18. The van der Waals surface area contributed by atoms with Crippen LogP contribution in [0.15, 0.2) is 0 Å². The molecule has 0 saturated heterocycles. The molecule has 6 nitrogen and oxygen atoms in total. The Morgan fingerprint density at radius 1 is 1.50 bits per heavy atom. The van der Waals surface area contributed by atoms with E-state index in [4.69, 9.17) is 5.11 Å². The van der Waals surface area contributed by atoms with Gasteiger partial charge in [0.1, 0.15) is 0 Å². The number of likely N-dealkylation sites (N-methyl/N-ethyl adjacent to an activating group) is 1. The lowest BCUT2D eigenvalue weighted by molar-refractivity contribution is -0.137. The maximum atomic E-state index is 11.4. The molecule has 14 heavy (non-hydrogen) atoms. The quantitative estimate of drug-likeness (QED) is 0.574. The Labute approximate surface area is 83.5 Å². The first-order valence-electron chi connectivity index (χ1n) is 4.13. The van der Waals surface area contributed by atoms with Crippen LogP contribution in [0.5, 0.6) is 0 Å². The summed E-state index contributed by atoms with van der Waals surface area (Å²) in [7, 11) is -2.52. The fraction of sp³-hybridized carbons (Fsp3) is 0.857. The average Bonchev–Trinajstić information content (AvgIpc) is 2.12. The molecule has 0 aromatic carbocycles. The van der Waals surface area contributed by atoms with Crippen molar-refractivity contribution in [1.82, 2.24) is 4.31 Å². The second-order valence-electron chi connectivity index (χ2n) is 2.55. The molecule has 0 bridgehead atoms. The Balaban J connectivity index is 4.49. The van der Waals surface area contributed by atoms with Crippen molar-refractivity contribution in [2.45, 2.75) is 6.92 Å². The van der Waals surface area contributed by atoms with E-state index in [0.717, 1.165) is 11.4 Å². The number of carbonyl (C=O) groups is 1. The molecule has 0 unspecified atom stereocenters. The van der Waals surface area contributed by atoms with E-state index in [9.17, 15) is 13.2 Å². The molecule has 0 aliphatic carbocycles. The monoisotopic (exact) mass is 225 g/mol. The van der Waals surface area contributed by atoms with Crippen LogP contribution in [0.1, 0.15) is 6.92 Å². The average molecular weight is 225 g/mol. The SMILES string of the molecule is CCN(CCO)S(=O)(=O)CC(=O)OC. The van der Waals surface area contributed by atoms with E-state index in [1.807, 2.05) is 0 Å². The third kappa shape index (κ3) is 4.03. The molecule has 0 aromatic heterocycles. The summed E-state index contributed by atoms with van der Waals surface area (Å²) in [6, 6.07) is 0. The van der Waals surface area contributed by atoms with Gasteiger partial charge in [0.15, 0.2) is 5.75 Å². The second-order valence-corrected chi connectivity index (χ2v) is 4.52. The zero-order chi connectivity index (χ0) is 11.2. The highest BCUT2D eigenvalue weighted by atomic mass is 32.2. The van der Waals surface area contributed by atoms with E-state index in [-0.39, 0.29) is 19.7 Å². The number of methoxy groups -OCH3 is 1. The van der Waals surface area contributed by atoms with Gasteiger partial charge in [-0.3, -0.25) is 4.79 Å². The smallest absolute Gasteiger partial charge is 0.322 e. The maximum absolute atomic E-state index is 11.4. The second kappa shape index (κ2) is 5.94. The zero-order valence-electron chi connectivity index (χ0n) is 8.26. The van der Waals surface area contributed by atoms with E-state index < -0.39 is 21.7 Å². The third-order valence-corrected chi connectivity index (χ3v) is 3.45. The molecule has 84 valence electrons. The van der Waals surface area contributed by atoms with Crippen LogP contribution >= 0.6 is 0 Å². The van der Waals surface area contributed by atoms with Gasteiger partial charge in [-0.15, -0.1) is 0 Å². The summed E-state index contributed by atoms with van der Waals surface area (Å²) in [6.07, 6.45) is 0. The van der Waals surface area contributed by atoms with Gasteiger partial charge in [-0.2, -0.15) is 4.31 Å². The molecule has 0 amide bonds. The Morgan fingerprint density at radius 2 is 2.07 bits per heavy atom. The van der Waals surface area contributed by atoms with Crippen LogP contribution in [0.25, 0.3) is 0 Å². The number of nitrogens with zero attached hydrogens (tertiary/aromatic N) is 1. The molecule has 7 heteroatoms. The molecule has 0 rings (SSSR count). The summed E-state index contributed by atoms with van der Waals surface area (Å²) >= 11 is 0. The number of aliphatic hydroxyl groups excluding tert-OH is 1. The molecule has 0 spiro atoms. The Bertz CT molecular complexity index is 274. The minimum Gasteiger partial charge on any atom is -0.468 e. The van der Waals surface area contributed by atoms with Crippen LogP contribution in [0.3, 0.4) is 0 Å². The molecule has 0 heterocycles. The van der Waals surface area contributed by atoms with Crippen LogP contribution in [0.4, 0.5) is 0 Å². The number of sulfonamides is 1. The minimum absolute atomic E-state index is 0.00414. The molecule has 0 aromatic rings. The van der Waals surface area contributed by atoms with Crippen LogP contribution in [0.2, 0.25) is 0 Å². The van der Waals surface area contributed by atoms with Crippen molar-refractivity contribution in [3.05, 3.63) is 0 Å². The largest absolute Gasteiger partial charge is 0.468 e. The van der Waals surface area contributed by atoms with Crippen molar-refractivity contribution in [2.24, 2.45) is 0 Å². The number of ether oxygens (including phenoxy) is 1. The molecular formula is C7H15NO5S. The molecule has 0 saturated carbocycles. The van der Waals surface area contributed by atoms with Gasteiger partial charge in [-0.05, 0) is 0 Å². The lowest BCUT2D eigenvalue weighted by atomic mass is 10.6. The summed E-state index contributed by atoms with van der Waals surface area (Å²) in [4.78, 5) is 10.8. The standard InChI is InChI=1S/C7H15NO5S/c1-3-8(4-5-9)14(11,12)6-7(10)13-2/h9H,3-6H2,1-2H3. The van der Waals surface area contributed by atoms with E-state index in [2.05, 4.69) is 4.74 Å². The van der Waals surface area contributed by atoms with Crippen LogP contribution in [-0.2, 0) is 19.6 Å². The molecule has 0 aliphatic heterocycles. The number of carbonyl (C=O) groups excluding carboxylic acids is 1. The molecule has 1 N–H and O–H groups in total. The summed E-state index contributed by atoms with van der Waals surface area (Å²) in [5.41, 5.74) is 0. The minimum atomic E-state index is -3.65. The van der Waals surface area contributed by atoms with E-state index in [1.165, 1.54) is 0 Å². The Kier molecular flexibility index (Phi) is 5.66. The van der Waals surface area contributed by atoms with Crippen molar-refractivity contribution in [2.75, 3.05) is 32.6 Å². The van der Waals surface area contributed by atoms with Crippen molar-refractivity contribution in [3.63, 3.8) is 0 Å². The molecule has 0 fully saturated rings. The topological polar surface area (TPSA) is 83.9 Å². The van der Waals surface area contributed by atoms with E-state index in [1.54, 1.807) is 6.92 Å². The highest BCUT2D eigenvalue weighted by molar-refractivity contribution is 7.89. The molecular weight excluding hydrogens is 210 g/mol. The Hall–Kier alpha value is -0.660. The van der Waals surface area contributed by atoms with Gasteiger partial charge >= 0.3 is 5.97 Å². The fourth-order valence-corrected chi connectivity index (χ4v) is 2.26. The Morgan fingerprint density at radius 3 is 2.43 bits per heavy atom. The van der Waals surface area contributed by atoms with Crippen LogP contribution < -0.4 is 0 Å². The third-order valence-electron chi connectivity index (χ3n) is 1.62. The number of rotatable bonds is 6. The zero-order valence-corrected chi connectivity index (χ0v) is 9.08. The van der Waals surface area contributed by atoms with Crippen molar-refractivity contribution >= 4 is 16.0 Å². The summed E-state index contributed by atoms with van der Waals surface area (Å²) in [6.45, 7) is 1.58. The van der Waals surface area contributed by atoms with Crippen LogP contribution in [-0.4, -0.2) is 56.4 Å².